The van der Waals surface area contributed by atoms with Crippen LogP contribution in [0, 0.1) is 11.3 Å². The number of nitrogens with zero attached hydrogens (tertiary/aromatic N) is 1. The zero-order chi connectivity index (χ0) is 18.7. The number of carbonyl (C=O) groups excluding carboxylic acids is 1. The van der Waals surface area contributed by atoms with Crippen LogP contribution in [-0.2, 0) is 17.6 Å². The summed E-state index contributed by atoms with van der Waals surface area (Å²) in [6.07, 6.45) is 4.17. The second kappa shape index (κ2) is 8.41. The highest BCUT2D eigenvalue weighted by molar-refractivity contribution is 7.16. The summed E-state index contributed by atoms with van der Waals surface area (Å²) in [6, 6.07) is 7.47. The van der Waals surface area contributed by atoms with Gasteiger partial charge in [0.05, 0.1) is 12.1 Å². The Morgan fingerprint density at radius 3 is 2.85 bits per heavy atom. The van der Waals surface area contributed by atoms with Gasteiger partial charge in [-0.15, -0.1) is 11.3 Å². The Morgan fingerprint density at radius 1 is 1.35 bits per heavy atom. The van der Waals surface area contributed by atoms with Gasteiger partial charge in [-0.25, -0.2) is 0 Å². The molecule has 2 aromatic rings. The highest BCUT2D eigenvalue weighted by Gasteiger charge is 2.22. The molecule has 136 valence electrons. The van der Waals surface area contributed by atoms with Gasteiger partial charge in [-0.1, -0.05) is 29.3 Å². The van der Waals surface area contributed by atoms with Gasteiger partial charge in [0.1, 0.15) is 11.1 Å². The molecule has 0 fully saturated rings. The lowest BCUT2D eigenvalue weighted by atomic mass is 9.96. The molecule has 0 saturated heterocycles. The topological polar surface area (TPSA) is 64.9 Å². The summed E-state index contributed by atoms with van der Waals surface area (Å²) in [5.41, 5.74) is 2.63. The van der Waals surface area contributed by atoms with E-state index in [1.165, 1.54) is 16.2 Å². The van der Waals surface area contributed by atoms with Crippen molar-refractivity contribution >= 4 is 45.4 Å². The van der Waals surface area contributed by atoms with E-state index in [0.29, 0.717) is 20.6 Å². The number of hydrogen-bond acceptors (Lipinski definition) is 4. The maximum Gasteiger partial charge on any atom is 0.238 e. The average Bonchev–Trinajstić information content (AvgIpc) is 2.96. The first-order valence-electron chi connectivity index (χ1n) is 8.52. The fourth-order valence-electron chi connectivity index (χ4n) is 3.15. The average molecular weight is 408 g/mol. The Bertz CT molecular complexity index is 872. The second-order valence-corrected chi connectivity index (χ2v) is 8.29. The monoisotopic (exact) mass is 407 g/mol. The van der Waals surface area contributed by atoms with E-state index in [1.807, 2.05) is 13.0 Å². The number of nitrogens with one attached hydrogen (secondary N) is 2. The first kappa shape index (κ1) is 19.2. The molecule has 1 aliphatic carbocycles. The lowest BCUT2D eigenvalue weighted by Gasteiger charge is -2.15. The maximum absolute atomic E-state index is 12.3. The van der Waals surface area contributed by atoms with Crippen molar-refractivity contribution in [2.45, 2.75) is 38.6 Å². The molecule has 7 heteroatoms. The summed E-state index contributed by atoms with van der Waals surface area (Å²) < 4.78 is 0. The second-order valence-electron chi connectivity index (χ2n) is 6.34. The summed E-state index contributed by atoms with van der Waals surface area (Å²) in [7, 11) is 0. The molecule has 2 N–H and O–H groups in total. The number of halogens is 2. The van der Waals surface area contributed by atoms with Crippen molar-refractivity contribution in [2.24, 2.45) is 0 Å². The molecular formula is C19H19Cl2N3OS. The molecule has 0 saturated carbocycles. The highest BCUT2D eigenvalue weighted by Crippen LogP contribution is 2.37. The summed E-state index contributed by atoms with van der Waals surface area (Å²) in [4.78, 5) is 13.6. The number of hydrogen-bond donors (Lipinski definition) is 2. The fraction of sp³-hybridized carbons (Fsp3) is 0.368. The number of fused-ring (bicyclic) bond motifs is 1. The molecular weight excluding hydrogens is 389 g/mol. The van der Waals surface area contributed by atoms with E-state index in [1.54, 1.807) is 12.1 Å². The number of nitriles is 1. The number of thiophene rings is 1. The molecule has 0 radical (unpaired) electrons. The highest BCUT2D eigenvalue weighted by atomic mass is 35.5. The van der Waals surface area contributed by atoms with Crippen LogP contribution in [0.4, 0.5) is 5.00 Å². The largest absolute Gasteiger partial charge is 0.315 e. The van der Waals surface area contributed by atoms with Crippen LogP contribution in [0.2, 0.25) is 10.0 Å². The lowest BCUT2D eigenvalue weighted by molar-refractivity contribution is -0.115. The van der Waals surface area contributed by atoms with E-state index in [-0.39, 0.29) is 18.5 Å². The number of aryl methyl sites for hydroxylation is 1. The van der Waals surface area contributed by atoms with Crippen molar-refractivity contribution in [3.05, 3.63) is 49.8 Å². The molecule has 26 heavy (non-hydrogen) atoms. The SMILES string of the molecule is C[C@@H](NCC(=O)Nc1sc2c(c1C#N)CCCC2)c1ccc(Cl)cc1Cl. The van der Waals surface area contributed by atoms with Crippen LogP contribution in [0.5, 0.6) is 0 Å². The molecule has 0 aliphatic heterocycles. The van der Waals surface area contributed by atoms with Crippen LogP contribution < -0.4 is 10.6 Å². The van der Waals surface area contributed by atoms with Crippen molar-refractivity contribution in [3.8, 4) is 6.07 Å². The molecule has 0 bridgehead atoms. The van der Waals surface area contributed by atoms with Gasteiger partial charge in [0, 0.05) is 21.0 Å². The van der Waals surface area contributed by atoms with Gasteiger partial charge < -0.3 is 10.6 Å². The predicted molar refractivity (Wildman–Crippen MR) is 107 cm³/mol. The smallest absolute Gasteiger partial charge is 0.238 e. The lowest BCUT2D eigenvalue weighted by Crippen LogP contribution is -2.30. The molecule has 1 heterocycles. The standard InChI is InChI=1S/C19H19Cl2N3OS/c1-11(13-7-6-12(20)8-16(13)21)23-10-18(25)24-19-15(9-22)14-4-2-3-5-17(14)26-19/h6-8,11,23H,2-5,10H2,1H3,(H,24,25)/t11-/m1/s1. The van der Waals surface area contributed by atoms with Crippen LogP contribution >= 0.6 is 34.5 Å². The third-order valence-corrected chi connectivity index (χ3v) is 6.30. The molecule has 0 spiro atoms. The Kier molecular flexibility index (Phi) is 6.20. The molecule has 0 unspecified atom stereocenters. The normalized spacial score (nSPS) is 14.4. The quantitative estimate of drug-likeness (QED) is 0.724. The van der Waals surface area contributed by atoms with Crippen molar-refractivity contribution in [1.29, 1.82) is 5.26 Å². The zero-order valence-corrected chi connectivity index (χ0v) is 16.7. The Balaban J connectivity index is 1.63. The fourth-order valence-corrected chi connectivity index (χ4v) is 4.98. The zero-order valence-electron chi connectivity index (χ0n) is 14.4. The van der Waals surface area contributed by atoms with E-state index in [2.05, 4.69) is 16.7 Å². The van der Waals surface area contributed by atoms with Crippen molar-refractivity contribution in [3.63, 3.8) is 0 Å². The van der Waals surface area contributed by atoms with Crippen molar-refractivity contribution in [2.75, 3.05) is 11.9 Å². The van der Waals surface area contributed by atoms with Crippen LogP contribution in [0.1, 0.15) is 47.4 Å². The van der Waals surface area contributed by atoms with Gasteiger partial charge in [-0.05, 0) is 55.9 Å². The predicted octanol–water partition coefficient (Wildman–Crippen LogP) is 5.09. The summed E-state index contributed by atoms with van der Waals surface area (Å²) >= 11 is 13.7. The Morgan fingerprint density at radius 2 is 2.12 bits per heavy atom. The van der Waals surface area contributed by atoms with E-state index in [9.17, 15) is 10.1 Å². The molecule has 4 nitrogen and oxygen atoms in total. The summed E-state index contributed by atoms with van der Waals surface area (Å²) in [5.74, 6) is -0.169. The Labute approximate surface area is 167 Å². The van der Waals surface area contributed by atoms with E-state index in [4.69, 9.17) is 23.2 Å². The minimum Gasteiger partial charge on any atom is -0.315 e. The molecule has 1 aliphatic rings. The van der Waals surface area contributed by atoms with Gasteiger partial charge in [0.15, 0.2) is 0 Å². The van der Waals surface area contributed by atoms with Crippen LogP contribution in [-0.4, -0.2) is 12.5 Å². The third-order valence-electron chi connectivity index (χ3n) is 4.53. The molecule has 1 aromatic heterocycles. The maximum atomic E-state index is 12.3. The van der Waals surface area contributed by atoms with E-state index in [0.717, 1.165) is 36.8 Å². The molecule has 3 rings (SSSR count). The van der Waals surface area contributed by atoms with Crippen LogP contribution in [0.25, 0.3) is 0 Å². The van der Waals surface area contributed by atoms with Crippen LogP contribution in [0.3, 0.4) is 0 Å². The molecule has 1 aromatic carbocycles. The van der Waals surface area contributed by atoms with Gasteiger partial charge in [0.25, 0.3) is 0 Å². The minimum atomic E-state index is -0.169. The Hall–Kier alpha value is -1.58. The number of rotatable bonds is 5. The van der Waals surface area contributed by atoms with Crippen molar-refractivity contribution < 1.29 is 4.79 Å². The van der Waals surface area contributed by atoms with Crippen LogP contribution in [0.15, 0.2) is 18.2 Å². The minimum absolute atomic E-state index is 0.0995. The van der Waals surface area contributed by atoms with Gasteiger partial charge in [0.2, 0.25) is 5.91 Å². The first-order chi connectivity index (χ1) is 12.5. The number of anilines is 1. The number of benzene rings is 1. The third kappa shape index (κ3) is 4.21. The van der Waals surface area contributed by atoms with Gasteiger partial charge in [-0.3, -0.25) is 4.79 Å². The van der Waals surface area contributed by atoms with E-state index < -0.39 is 0 Å². The number of carbonyl (C=O) groups is 1. The first-order valence-corrected chi connectivity index (χ1v) is 10.1. The molecule has 1 atom stereocenters. The summed E-state index contributed by atoms with van der Waals surface area (Å²) in [6.45, 7) is 2.07. The molecule has 1 amide bonds. The van der Waals surface area contributed by atoms with Crippen molar-refractivity contribution in [1.82, 2.24) is 5.32 Å². The number of amides is 1. The van der Waals surface area contributed by atoms with Gasteiger partial charge >= 0.3 is 0 Å². The van der Waals surface area contributed by atoms with Gasteiger partial charge in [-0.2, -0.15) is 5.26 Å². The van der Waals surface area contributed by atoms with E-state index >= 15 is 0 Å². The summed E-state index contributed by atoms with van der Waals surface area (Å²) in [5, 5.41) is 17.3.